The average Bonchev–Trinajstić information content (AvgIpc) is 2.94. The molecule has 0 atom stereocenters. The van der Waals surface area contributed by atoms with Crippen LogP contribution in [0.15, 0.2) is 28.8 Å². The van der Waals surface area contributed by atoms with E-state index in [1.165, 1.54) is 5.56 Å². The molecule has 2 rings (SSSR count). The molecule has 0 saturated carbocycles. The Morgan fingerprint density at radius 2 is 1.91 bits per heavy atom. The lowest BCUT2D eigenvalue weighted by atomic mass is 10.2. The number of rotatable bonds is 9. The first-order chi connectivity index (χ1) is 10.7. The Hall–Kier alpha value is -1.88. The van der Waals surface area contributed by atoms with Gasteiger partial charge >= 0.3 is 0 Å². The Balaban J connectivity index is 1.84. The van der Waals surface area contributed by atoms with Gasteiger partial charge in [-0.05, 0) is 38.1 Å². The highest BCUT2D eigenvalue weighted by Gasteiger charge is 2.09. The molecule has 22 heavy (non-hydrogen) atoms. The molecule has 1 aromatic heterocycles. The van der Waals surface area contributed by atoms with Gasteiger partial charge in [0.2, 0.25) is 5.89 Å². The van der Waals surface area contributed by atoms with Gasteiger partial charge < -0.3 is 9.26 Å². The Morgan fingerprint density at radius 3 is 2.59 bits per heavy atom. The largest absolute Gasteiger partial charge is 0.494 e. The molecule has 5 heteroatoms. The van der Waals surface area contributed by atoms with E-state index < -0.39 is 0 Å². The van der Waals surface area contributed by atoms with Gasteiger partial charge in [-0.3, -0.25) is 4.90 Å². The van der Waals surface area contributed by atoms with E-state index in [1.54, 1.807) is 0 Å². The van der Waals surface area contributed by atoms with Crippen molar-refractivity contribution in [1.29, 1.82) is 0 Å². The smallest absolute Gasteiger partial charge is 0.240 e. The lowest BCUT2D eigenvalue weighted by molar-refractivity contribution is 0.260. The first kappa shape index (κ1) is 16.5. The molecule has 0 amide bonds. The Morgan fingerprint density at radius 1 is 1.14 bits per heavy atom. The van der Waals surface area contributed by atoms with Gasteiger partial charge in [0, 0.05) is 13.0 Å². The second kappa shape index (κ2) is 8.54. The fourth-order valence-corrected chi connectivity index (χ4v) is 2.25. The summed E-state index contributed by atoms with van der Waals surface area (Å²) < 4.78 is 10.7. The van der Waals surface area contributed by atoms with Crippen molar-refractivity contribution in [3.8, 4) is 5.75 Å². The lowest BCUT2D eigenvalue weighted by Gasteiger charge is -2.14. The lowest BCUT2D eigenvalue weighted by Crippen LogP contribution is -2.17. The molecule has 0 unspecified atom stereocenters. The van der Waals surface area contributed by atoms with E-state index in [-0.39, 0.29) is 0 Å². The summed E-state index contributed by atoms with van der Waals surface area (Å²) in [6.45, 7) is 6.33. The Labute approximate surface area is 132 Å². The van der Waals surface area contributed by atoms with Crippen LogP contribution in [-0.4, -0.2) is 28.7 Å². The maximum absolute atomic E-state index is 5.45. The van der Waals surface area contributed by atoms with Crippen molar-refractivity contribution in [1.82, 2.24) is 15.0 Å². The van der Waals surface area contributed by atoms with Crippen LogP contribution >= 0.6 is 0 Å². The average molecular weight is 303 g/mol. The zero-order chi connectivity index (χ0) is 15.8. The molecule has 0 aliphatic carbocycles. The molecule has 1 heterocycles. The molecule has 1 aromatic carbocycles. The van der Waals surface area contributed by atoms with Crippen LogP contribution in [0, 0.1) is 0 Å². The maximum atomic E-state index is 5.45. The predicted molar refractivity (Wildman–Crippen MR) is 85.7 cm³/mol. The van der Waals surface area contributed by atoms with Crippen LogP contribution in [0.2, 0.25) is 0 Å². The summed E-state index contributed by atoms with van der Waals surface area (Å²) >= 11 is 0. The molecule has 0 spiro atoms. The van der Waals surface area contributed by atoms with Gasteiger partial charge in [-0.2, -0.15) is 4.98 Å². The van der Waals surface area contributed by atoms with Crippen LogP contribution in [0.5, 0.6) is 5.75 Å². The van der Waals surface area contributed by atoms with Gasteiger partial charge in [0.05, 0.1) is 13.2 Å². The van der Waals surface area contributed by atoms with Crippen molar-refractivity contribution in [3.05, 3.63) is 41.5 Å². The number of hydrogen-bond acceptors (Lipinski definition) is 5. The fourth-order valence-electron chi connectivity index (χ4n) is 2.25. The second-order valence-electron chi connectivity index (χ2n) is 5.46. The molecule has 0 bridgehead atoms. The first-order valence-corrected chi connectivity index (χ1v) is 7.93. The van der Waals surface area contributed by atoms with E-state index >= 15 is 0 Å². The SMILES string of the molecule is CCCCc1noc(CN(C)Cc2ccc(OCC)cc2)n1. The predicted octanol–water partition coefficient (Wildman–Crippen LogP) is 3.44. The number of ether oxygens (including phenoxy) is 1. The molecular weight excluding hydrogens is 278 g/mol. The van der Waals surface area contributed by atoms with Crippen LogP contribution in [-0.2, 0) is 19.5 Å². The second-order valence-corrected chi connectivity index (χ2v) is 5.46. The Kier molecular flexibility index (Phi) is 6.40. The van der Waals surface area contributed by atoms with E-state index in [0.717, 1.165) is 37.4 Å². The first-order valence-electron chi connectivity index (χ1n) is 7.93. The third-order valence-electron chi connectivity index (χ3n) is 3.36. The zero-order valence-electron chi connectivity index (χ0n) is 13.7. The zero-order valence-corrected chi connectivity index (χ0v) is 13.7. The molecule has 0 radical (unpaired) electrons. The van der Waals surface area contributed by atoms with E-state index in [2.05, 4.69) is 34.1 Å². The standard InChI is InChI=1S/C17H25N3O2/c1-4-6-7-16-18-17(22-19-16)13-20(3)12-14-8-10-15(11-9-14)21-5-2/h8-11H,4-7,12-13H2,1-3H3. The summed E-state index contributed by atoms with van der Waals surface area (Å²) in [5.41, 5.74) is 1.23. The Bertz CT molecular complexity index is 551. The summed E-state index contributed by atoms with van der Waals surface area (Å²) in [5.74, 6) is 2.40. The number of aromatic nitrogens is 2. The van der Waals surface area contributed by atoms with Crippen LogP contribution in [0.4, 0.5) is 0 Å². The van der Waals surface area contributed by atoms with E-state index in [1.807, 2.05) is 26.1 Å². The topological polar surface area (TPSA) is 51.4 Å². The van der Waals surface area contributed by atoms with Gasteiger partial charge in [-0.15, -0.1) is 0 Å². The molecule has 2 aromatic rings. The van der Waals surface area contributed by atoms with Gasteiger partial charge in [0.1, 0.15) is 5.75 Å². The van der Waals surface area contributed by atoms with Crippen molar-refractivity contribution in [2.24, 2.45) is 0 Å². The van der Waals surface area contributed by atoms with Crippen molar-refractivity contribution < 1.29 is 9.26 Å². The molecule has 0 aliphatic rings. The summed E-state index contributed by atoms with van der Waals surface area (Å²) in [4.78, 5) is 6.59. The van der Waals surface area contributed by atoms with Gasteiger partial charge in [0.15, 0.2) is 5.82 Å². The normalized spacial score (nSPS) is 11.1. The molecule has 0 aliphatic heterocycles. The third kappa shape index (κ3) is 5.15. The fraction of sp³-hybridized carbons (Fsp3) is 0.529. The molecule has 120 valence electrons. The van der Waals surface area contributed by atoms with Crippen molar-refractivity contribution in [3.63, 3.8) is 0 Å². The highest BCUT2D eigenvalue weighted by Crippen LogP contribution is 2.14. The van der Waals surface area contributed by atoms with Crippen molar-refractivity contribution in [2.45, 2.75) is 46.2 Å². The summed E-state index contributed by atoms with van der Waals surface area (Å²) in [6.07, 6.45) is 3.13. The van der Waals surface area contributed by atoms with E-state index in [9.17, 15) is 0 Å². The molecule has 0 saturated heterocycles. The summed E-state index contributed by atoms with van der Waals surface area (Å²) in [5, 5.41) is 4.02. The minimum atomic E-state index is 0.659. The number of unbranched alkanes of at least 4 members (excludes halogenated alkanes) is 1. The molecule has 0 fully saturated rings. The van der Waals surface area contributed by atoms with Crippen LogP contribution in [0.3, 0.4) is 0 Å². The van der Waals surface area contributed by atoms with Crippen molar-refractivity contribution >= 4 is 0 Å². The number of aryl methyl sites for hydroxylation is 1. The van der Waals surface area contributed by atoms with E-state index in [0.29, 0.717) is 19.0 Å². The van der Waals surface area contributed by atoms with Gasteiger partial charge in [-0.25, -0.2) is 0 Å². The van der Waals surface area contributed by atoms with Crippen LogP contribution in [0.25, 0.3) is 0 Å². The maximum Gasteiger partial charge on any atom is 0.240 e. The third-order valence-corrected chi connectivity index (χ3v) is 3.36. The highest BCUT2D eigenvalue weighted by molar-refractivity contribution is 5.27. The van der Waals surface area contributed by atoms with Crippen molar-refractivity contribution in [2.75, 3.05) is 13.7 Å². The number of nitrogens with zero attached hydrogens (tertiary/aromatic N) is 3. The van der Waals surface area contributed by atoms with Gasteiger partial charge in [-0.1, -0.05) is 30.6 Å². The number of benzene rings is 1. The van der Waals surface area contributed by atoms with Gasteiger partial charge in [0.25, 0.3) is 0 Å². The molecular formula is C17H25N3O2. The highest BCUT2D eigenvalue weighted by atomic mass is 16.5. The van der Waals surface area contributed by atoms with Crippen LogP contribution < -0.4 is 4.74 Å². The quantitative estimate of drug-likeness (QED) is 0.710. The minimum absolute atomic E-state index is 0.659. The van der Waals surface area contributed by atoms with Crippen LogP contribution in [0.1, 0.15) is 44.0 Å². The van der Waals surface area contributed by atoms with E-state index in [4.69, 9.17) is 9.26 Å². The monoisotopic (exact) mass is 303 g/mol. The molecule has 5 nitrogen and oxygen atoms in total. The molecule has 0 N–H and O–H groups in total. The summed E-state index contributed by atoms with van der Waals surface area (Å²) in [7, 11) is 2.05. The minimum Gasteiger partial charge on any atom is -0.494 e. The summed E-state index contributed by atoms with van der Waals surface area (Å²) in [6, 6.07) is 8.18. The number of hydrogen-bond donors (Lipinski definition) is 0.